The lowest BCUT2D eigenvalue weighted by Gasteiger charge is -2.27. The van der Waals surface area contributed by atoms with Crippen LogP contribution in [0.3, 0.4) is 0 Å². The van der Waals surface area contributed by atoms with Gasteiger partial charge in [-0.25, -0.2) is 9.59 Å². The topological polar surface area (TPSA) is 65.1 Å². The van der Waals surface area contributed by atoms with Crippen LogP contribution in [-0.4, -0.2) is 41.5 Å². The van der Waals surface area contributed by atoms with Crippen LogP contribution in [0.5, 0.6) is 0 Å². The minimum Gasteiger partial charge on any atom is -0.444 e. The van der Waals surface area contributed by atoms with Gasteiger partial charge >= 0.3 is 12.2 Å². The summed E-state index contributed by atoms with van der Waals surface area (Å²) in [5.41, 5.74) is -0.255. The molecule has 0 saturated heterocycles. The van der Waals surface area contributed by atoms with E-state index in [0.29, 0.717) is 6.54 Å². The van der Waals surface area contributed by atoms with E-state index in [1.54, 1.807) is 20.8 Å². The fraction of sp³-hybridized carbons (Fsp3) is 0.579. The van der Waals surface area contributed by atoms with E-state index in [0.717, 1.165) is 5.56 Å². The summed E-state index contributed by atoms with van der Waals surface area (Å²) in [7, 11) is 0. The fourth-order valence-corrected chi connectivity index (χ4v) is 1.88. The van der Waals surface area contributed by atoms with Gasteiger partial charge in [0, 0.05) is 6.54 Å². The van der Waals surface area contributed by atoms with Crippen molar-refractivity contribution in [3.8, 4) is 0 Å². The van der Waals surface area contributed by atoms with Crippen LogP contribution < -0.4 is 0 Å². The van der Waals surface area contributed by atoms with Crippen molar-refractivity contribution < 1.29 is 23.8 Å². The molecule has 6 heteroatoms. The Balaban J connectivity index is 2.65. The Labute approximate surface area is 150 Å². The average molecular weight is 351 g/mol. The molecule has 1 aromatic rings. The quantitative estimate of drug-likeness (QED) is 0.737. The number of hydrogen-bond acceptors (Lipinski definition) is 5. The summed E-state index contributed by atoms with van der Waals surface area (Å²) in [6.07, 6.45) is -1.21. The number of carbonyl (C=O) groups excluding carboxylic acids is 2. The molecule has 0 heterocycles. The Morgan fingerprint density at radius 1 is 0.920 bits per heavy atom. The van der Waals surface area contributed by atoms with E-state index >= 15 is 0 Å². The Morgan fingerprint density at radius 2 is 1.48 bits per heavy atom. The number of hydrogen-bond donors (Lipinski definition) is 0. The van der Waals surface area contributed by atoms with Gasteiger partial charge in [0.15, 0.2) is 0 Å². The Morgan fingerprint density at radius 3 is 2.00 bits per heavy atom. The van der Waals surface area contributed by atoms with Gasteiger partial charge < -0.3 is 19.1 Å². The third-order valence-corrected chi connectivity index (χ3v) is 2.84. The smallest absolute Gasteiger partial charge is 0.444 e. The summed E-state index contributed by atoms with van der Waals surface area (Å²) >= 11 is 0. The summed E-state index contributed by atoms with van der Waals surface area (Å²) in [4.78, 5) is 25.5. The SMILES string of the molecule is CC(C)(C)OC(=O)OCCN(Cc1ccccc1)C(=O)OC(C)(C)C. The molecule has 0 saturated carbocycles. The Hall–Kier alpha value is -2.24. The zero-order chi connectivity index (χ0) is 19.1. The van der Waals surface area contributed by atoms with Crippen molar-refractivity contribution >= 4 is 12.2 Å². The highest BCUT2D eigenvalue weighted by molar-refractivity contribution is 5.68. The van der Waals surface area contributed by atoms with Gasteiger partial charge in [0.2, 0.25) is 0 Å². The molecule has 0 aliphatic heterocycles. The molecule has 140 valence electrons. The standard InChI is InChI=1S/C19H29NO5/c1-18(2,3)24-16(21)20(14-15-10-8-7-9-11-15)12-13-23-17(22)25-19(4,5)6/h7-11H,12-14H2,1-6H3. The highest BCUT2D eigenvalue weighted by atomic mass is 16.7. The van der Waals surface area contributed by atoms with Crippen molar-refractivity contribution in [1.82, 2.24) is 4.90 Å². The summed E-state index contributed by atoms with van der Waals surface area (Å²) < 4.78 is 15.6. The molecule has 1 amide bonds. The molecule has 0 aromatic heterocycles. The molecule has 0 atom stereocenters. The van der Waals surface area contributed by atoms with Crippen molar-refractivity contribution in [1.29, 1.82) is 0 Å². The number of amides is 1. The van der Waals surface area contributed by atoms with Crippen LogP contribution in [0.1, 0.15) is 47.1 Å². The van der Waals surface area contributed by atoms with E-state index in [-0.39, 0.29) is 13.2 Å². The van der Waals surface area contributed by atoms with Gasteiger partial charge in [-0.05, 0) is 47.1 Å². The van der Waals surface area contributed by atoms with Crippen LogP contribution in [0.2, 0.25) is 0 Å². The monoisotopic (exact) mass is 351 g/mol. The second-order valence-electron chi connectivity index (χ2n) is 7.70. The van der Waals surface area contributed by atoms with E-state index in [9.17, 15) is 9.59 Å². The molecule has 0 bridgehead atoms. The minimum absolute atomic E-state index is 0.0288. The normalized spacial score (nSPS) is 11.6. The number of carbonyl (C=O) groups is 2. The van der Waals surface area contributed by atoms with Crippen LogP contribution in [0.25, 0.3) is 0 Å². The van der Waals surface area contributed by atoms with Gasteiger partial charge in [-0.15, -0.1) is 0 Å². The Kier molecular flexibility index (Phi) is 7.27. The van der Waals surface area contributed by atoms with Crippen LogP contribution in [0.4, 0.5) is 9.59 Å². The molecule has 0 fully saturated rings. The predicted octanol–water partition coefficient (Wildman–Crippen LogP) is 4.38. The highest BCUT2D eigenvalue weighted by Gasteiger charge is 2.23. The minimum atomic E-state index is -0.753. The number of nitrogens with zero attached hydrogens (tertiary/aromatic N) is 1. The molecule has 0 radical (unpaired) electrons. The van der Waals surface area contributed by atoms with Gasteiger partial charge in [-0.2, -0.15) is 0 Å². The largest absolute Gasteiger partial charge is 0.508 e. The van der Waals surface area contributed by atoms with Gasteiger partial charge in [0.25, 0.3) is 0 Å². The van der Waals surface area contributed by atoms with Crippen LogP contribution >= 0.6 is 0 Å². The predicted molar refractivity (Wildman–Crippen MR) is 95.3 cm³/mol. The second-order valence-corrected chi connectivity index (χ2v) is 7.70. The molecular formula is C19H29NO5. The van der Waals surface area contributed by atoms with Crippen molar-refractivity contribution in [2.75, 3.05) is 13.2 Å². The van der Waals surface area contributed by atoms with E-state index in [4.69, 9.17) is 14.2 Å². The van der Waals surface area contributed by atoms with Gasteiger partial charge in [-0.1, -0.05) is 30.3 Å². The molecule has 1 aromatic carbocycles. The van der Waals surface area contributed by atoms with E-state index in [2.05, 4.69) is 0 Å². The molecule has 0 unspecified atom stereocenters. The second kappa shape index (κ2) is 8.74. The maximum atomic E-state index is 12.4. The fourth-order valence-electron chi connectivity index (χ4n) is 1.88. The van der Waals surface area contributed by atoms with Crippen molar-refractivity contribution in [2.45, 2.75) is 59.3 Å². The molecular weight excluding hydrogens is 322 g/mol. The summed E-state index contributed by atoms with van der Waals surface area (Å²) in [5, 5.41) is 0. The highest BCUT2D eigenvalue weighted by Crippen LogP contribution is 2.13. The number of ether oxygens (including phenoxy) is 3. The third-order valence-electron chi connectivity index (χ3n) is 2.84. The zero-order valence-electron chi connectivity index (χ0n) is 16.0. The molecule has 25 heavy (non-hydrogen) atoms. The van der Waals surface area contributed by atoms with E-state index in [1.165, 1.54) is 4.90 Å². The number of rotatable bonds is 5. The molecule has 1 rings (SSSR count). The van der Waals surface area contributed by atoms with Crippen LogP contribution in [0, 0.1) is 0 Å². The first-order valence-electron chi connectivity index (χ1n) is 8.34. The summed E-state index contributed by atoms with van der Waals surface area (Å²) in [5.74, 6) is 0. The first-order valence-corrected chi connectivity index (χ1v) is 8.34. The van der Waals surface area contributed by atoms with E-state index < -0.39 is 23.5 Å². The molecule has 6 nitrogen and oxygen atoms in total. The maximum absolute atomic E-state index is 12.4. The lowest BCUT2D eigenvalue weighted by Crippen LogP contribution is -2.38. The summed E-state index contributed by atoms with van der Waals surface area (Å²) in [6.45, 7) is 11.3. The first-order chi connectivity index (χ1) is 11.5. The maximum Gasteiger partial charge on any atom is 0.508 e. The molecule has 0 N–H and O–H groups in total. The molecule has 0 spiro atoms. The van der Waals surface area contributed by atoms with Gasteiger partial charge in [0.1, 0.15) is 17.8 Å². The van der Waals surface area contributed by atoms with Crippen LogP contribution in [-0.2, 0) is 20.8 Å². The Bertz CT molecular complexity index is 557. The van der Waals surface area contributed by atoms with Gasteiger partial charge in [0.05, 0.1) is 6.54 Å². The average Bonchev–Trinajstić information content (AvgIpc) is 2.43. The van der Waals surface area contributed by atoms with Crippen LogP contribution in [0.15, 0.2) is 30.3 Å². The zero-order valence-corrected chi connectivity index (χ0v) is 16.0. The lowest BCUT2D eigenvalue weighted by atomic mass is 10.2. The summed E-state index contributed by atoms with van der Waals surface area (Å²) in [6, 6.07) is 9.56. The van der Waals surface area contributed by atoms with E-state index in [1.807, 2.05) is 51.1 Å². The molecule has 0 aliphatic carbocycles. The first kappa shape index (κ1) is 20.8. The van der Waals surface area contributed by atoms with Crippen molar-refractivity contribution in [3.63, 3.8) is 0 Å². The van der Waals surface area contributed by atoms with Crippen molar-refractivity contribution in [2.24, 2.45) is 0 Å². The lowest BCUT2D eigenvalue weighted by molar-refractivity contribution is -0.0148. The van der Waals surface area contributed by atoms with Gasteiger partial charge in [-0.3, -0.25) is 0 Å². The number of benzene rings is 1. The molecule has 0 aliphatic rings. The third kappa shape index (κ3) is 9.59. The van der Waals surface area contributed by atoms with Crippen molar-refractivity contribution in [3.05, 3.63) is 35.9 Å².